The Morgan fingerprint density at radius 2 is 0.571 bits per heavy atom. The van der Waals surface area contributed by atoms with Gasteiger partial charge < -0.3 is 29.4 Å². The molecule has 0 heterocycles. The molecule has 0 aromatic heterocycles. The molecular formula is H12Ca3FeO8P2. The van der Waals surface area contributed by atoms with E-state index in [4.69, 9.17) is 38.5 Å². The van der Waals surface area contributed by atoms with E-state index in [9.17, 15) is 0 Å². The van der Waals surface area contributed by atoms with Gasteiger partial charge in [-0.15, -0.1) is 0 Å². The number of hydrogen-bond donors (Lipinski definition) is 6. The van der Waals surface area contributed by atoms with Crippen LogP contribution in [0.4, 0.5) is 0 Å². The second-order valence-corrected chi connectivity index (χ2v) is 3.08. The molecule has 0 rings (SSSR count). The van der Waals surface area contributed by atoms with Crippen LogP contribution >= 0.6 is 15.6 Å². The summed E-state index contributed by atoms with van der Waals surface area (Å²) in [6.45, 7) is 0. The molecule has 0 saturated carbocycles. The summed E-state index contributed by atoms with van der Waals surface area (Å²) in [4.78, 5) is 43.1. The van der Waals surface area contributed by atoms with Crippen LogP contribution in [0.5, 0.6) is 0 Å². The Morgan fingerprint density at radius 1 is 0.571 bits per heavy atom. The van der Waals surface area contributed by atoms with E-state index in [-0.39, 0.29) is 130 Å². The first-order valence-corrected chi connectivity index (χ1v) is 4.70. The number of hydrogen-bond acceptors (Lipinski definition) is 2. The minimum Gasteiger partial charge on any atom is 0 e. The van der Waals surface area contributed by atoms with Gasteiger partial charge in [-0.25, -0.2) is 9.13 Å². The van der Waals surface area contributed by atoms with Gasteiger partial charge in [-0.05, 0) is 0 Å². The molecule has 6 N–H and O–H groups in total. The largest absolute Gasteiger partial charge is 0 e. The van der Waals surface area contributed by atoms with Crippen molar-refractivity contribution >= 4 is 129 Å². The van der Waals surface area contributed by atoms with Gasteiger partial charge in [0.25, 0.3) is 0 Å². The van der Waals surface area contributed by atoms with E-state index in [0.717, 1.165) is 0 Å². The molecule has 0 radical (unpaired) electrons. The van der Waals surface area contributed by atoms with Crippen LogP contribution < -0.4 is 0 Å². The predicted molar refractivity (Wildman–Crippen MR) is 54.2 cm³/mol. The van der Waals surface area contributed by atoms with Crippen LogP contribution in [-0.4, -0.2) is 143 Å². The van der Waals surface area contributed by atoms with E-state index in [1.54, 1.807) is 0 Å². The summed E-state index contributed by atoms with van der Waals surface area (Å²) in [6, 6.07) is 0. The Hall–Kier alpha value is 4.52. The zero-order valence-corrected chi connectivity index (χ0v) is 7.64. The molecule has 0 fully saturated rings. The van der Waals surface area contributed by atoms with Crippen LogP contribution in [0, 0.1) is 0 Å². The van der Waals surface area contributed by atoms with Gasteiger partial charge in [0.05, 0.1) is 0 Å². The molecule has 0 unspecified atom stereocenters. The Balaban J connectivity index is -0.0000000178. The molecular weight excluding hydrogens is 366 g/mol. The Bertz CT molecular complexity index is 135. The average molecular weight is 378 g/mol. The summed E-state index contributed by atoms with van der Waals surface area (Å²) in [5, 5.41) is 0. The van der Waals surface area contributed by atoms with Crippen LogP contribution in [0.15, 0.2) is 0 Å². The van der Waals surface area contributed by atoms with Gasteiger partial charge in [0.2, 0.25) is 0 Å². The van der Waals surface area contributed by atoms with E-state index in [0.29, 0.717) is 0 Å². The monoisotopic (exact) mass is 378 g/mol. The van der Waals surface area contributed by atoms with Crippen LogP contribution in [-0.2, 0) is 26.2 Å². The van der Waals surface area contributed by atoms with Crippen molar-refractivity contribution in [3.63, 3.8) is 0 Å². The Morgan fingerprint density at radius 3 is 0.571 bits per heavy atom. The van der Waals surface area contributed by atoms with Crippen molar-refractivity contribution in [3.8, 4) is 0 Å². The van der Waals surface area contributed by atoms with E-state index >= 15 is 0 Å². The van der Waals surface area contributed by atoms with E-state index in [1.807, 2.05) is 0 Å². The first-order valence-electron chi connectivity index (χ1n) is 1.57. The maximum absolute atomic E-state index is 8.88. The summed E-state index contributed by atoms with van der Waals surface area (Å²) in [5.74, 6) is 0. The molecule has 0 saturated heterocycles. The van der Waals surface area contributed by atoms with Crippen LogP contribution in [0.25, 0.3) is 0 Å². The normalized spacial score (nSPS) is 8.43. The van der Waals surface area contributed by atoms with Gasteiger partial charge in [0, 0.05) is 17.1 Å². The third kappa shape index (κ3) is 195. The number of rotatable bonds is 0. The second kappa shape index (κ2) is 17.5. The molecule has 0 bridgehead atoms. The zero-order chi connectivity index (χ0) is 9.00. The summed E-state index contributed by atoms with van der Waals surface area (Å²) < 4.78 is 17.8. The third-order valence-electron chi connectivity index (χ3n) is 0. The summed E-state index contributed by atoms with van der Waals surface area (Å²) >= 11 is 0. The van der Waals surface area contributed by atoms with Crippen LogP contribution in [0.1, 0.15) is 0 Å². The maximum Gasteiger partial charge on any atom is 0 e. The molecule has 0 aromatic carbocycles. The minimum atomic E-state index is -4.64. The molecule has 0 spiro atoms. The molecule has 0 amide bonds. The summed E-state index contributed by atoms with van der Waals surface area (Å²) in [6.07, 6.45) is 0. The fourth-order valence-corrected chi connectivity index (χ4v) is 0. The summed E-state index contributed by atoms with van der Waals surface area (Å²) in [7, 11) is -9.28. The first kappa shape index (κ1) is 36.3. The Labute approximate surface area is 180 Å². The zero-order valence-electron chi connectivity index (χ0n) is 4.75. The van der Waals surface area contributed by atoms with Crippen LogP contribution in [0.3, 0.4) is 0 Å². The molecule has 14 heteroatoms. The summed E-state index contributed by atoms with van der Waals surface area (Å²) in [5.41, 5.74) is 0. The third-order valence-corrected chi connectivity index (χ3v) is 0. The van der Waals surface area contributed by atoms with Crippen molar-refractivity contribution < 1.29 is 55.6 Å². The minimum absolute atomic E-state index is 0. The quantitative estimate of drug-likeness (QED) is 0.182. The molecule has 14 heavy (non-hydrogen) atoms. The van der Waals surface area contributed by atoms with Gasteiger partial charge in [0.1, 0.15) is 0 Å². The fourth-order valence-electron chi connectivity index (χ4n) is 0. The standard InChI is InChI=1S/3Ca.Fe.2H3O4P.6H/c;;;;2*1-5(2,3)4;;;;;;/h;;;;2*(H3,1,2,3,4);;;;;;. The topological polar surface area (TPSA) is 156 Å². The van der Waals surface area contributed by atoms with Gasteiger partial charge in [-0.3, -0.25) is 0 Å². The predicted octanol–water partition coefficient (Wildman–Crippen LogP) is -4.61. The van der Waals surface area contributed by atoms with Crippen LogP contribution in [0.2, 0.25) is 0 Å². The van der Waals surface area contributed by atoms with Gasteiger partial charge in [-0.1, -0.05) is 0 Å². The fraction of sp³-hybridized carbons (Fsp3) is 0. The van der Waals surface area contributed by atoms with Crippen molar-refractivity contribution in [2.24, 2.45) is 0 Å². The molecule has 0 aliphatic rings. The SMILES string of the molecule is O=P(O)(O)O.O=P(O)(O)O.[CaH2].[CaH2].[CaH2].[Fe]. The molecule has 8 nitrogen and oxygen atoms in total. The van der Waals surface area contributed by atoms with Crippen molar-refractivity contribution in [2.75, 3.05) is 0 Å². The maximum atomic E-state index is 8.88. The van der Waals surface area contributed by atoms with Gasteiger partial charge in [-0.2, -0.15) is 0 Å². The van der Waals surface area contributed by atoms with Crippen molar-refractivity contribution in [1.29, 1.82) is 0 Å². The molecule has 84 valence electrons. The first-order chi connectivity index (χ1) is 4.00. The number of phosphoric acid groups is 2. The molecule has 0 aliphatic carbocycles. The molecule has 0 aromatic rings. The van der Waals surface area contributed by atoms with Crippen molar-refractivity contribution in [1.82, 2.24) is 0 Å². The average Bonchev–Trinajstić information content (AvgIpc) is 1.12. The van der Waals surface area contributed by atoms with E-state index < -0.39 is 15.6 Å². The van der Waals surface area contributed by atoms with E-state index in [2.05, 4.69) is 0 Å². The molecule has 0 aliphatic heterocycles. The Kier molecular flexibility index (Phi) is 45.4. The van der Waals surface area contributed by atoms with Gasteiger partial charge in [0.15, 0.2) is 0 Å². The van der Waals surface area contributed by atoms with Crippen molar-refractivity contribution in [2.45, 2.75) is 0 Å². The smallest absolute Gasteiger partial charge is 0 e. The molecule has 0 atom stereocenters. The van der Waals surface area contributed by atoms with Gasteiger partial charge >= 0.3 is 129 Å². The van der Waals surface area contributed by atoms with E-state index in [1.165, 1.54) is 0 Å². The second-order valence-electron chi connectivity index (χ2n) is 1.03. The van der Waals surface area contributed by atoms with Crippen molar-refractivity contribution in [3.05, 3.63) is 0 Å².